The molecule has 2 N–H and O–H groups in total. The number of carbonyl (C=O) groups excluding carboxylic acids is 1. The zero-order chi connectivity index (χ0) is 13.4. The van der Waals surface area contributed by atoms with E-state index in [-0.39, 0.29) is 17.4 Å². The second-order valence-corrected chi connectivity index (χ2v) is 4.63. The molecule has 7 nitrogen and oxygen atoms in total. The summed E-state index contributed by atoms with van der Waals surface area (Å²) in [6.07, 6.45) is 4.13. The van der Waals surface area contributed by atoms with Crippen LogP contribution in [0.2, 0.25) is 0 Å². The van der Waals surface area contributed by atoms with Gasteiger partial charge in [-0.2, -0.15) is 5.10 Å². The fourth-order valence-electron chi connectivity index (χ4n) is 2.28. The molecule has 0 saturated carbocycles. The summed E-state index contributed by atoms with van der Waals surface area (Å²) >= 11 is 0. The van der Waals surface area contributed by atoms with Gasteiger partial charge in [0.2, 0.25) is 5.91 Å². The fourth-order valence-corrected chi connectivity index (χ4v) is 2.28. The van der Waals surface area contributed by atoms with Crippen molar-refractivity contribution in [2.45, 2.75) is 12.8 Å². The van der Waals surface area contributed by atoms with Gasteiger partial charge in [-0.3, -0.25) is 4.79 Å². The Hall–Kier alpha value is -2.44. The monoisotopic (exact) mass is 260 g/mol. The minimum absolute atomic E-state index is 0.0571. The van der Waals surface area contributed by atoms with Crippen molar-refractivity contribution in [2.24, 2.45) is 5.92 Å². The number of amides is 1. The average Bonchev–Trinajstić information content (AvgIpc) is 2.95. The standard InChI is InChI=1S/C12H12N4O3/c17-10-4-7(5-13-10)3-8-1-2-16-11(15-8)9(6-14-16)12(18)19/h1-2,6-7H,3-5H2,(H,13,17)(H,18,19). The molecule has 98 valence electrons. The van der Waals surface area contributed by atoms with Crippen molar-refractivity contribution in [3.05, 3.63) is 29.7 Å². The highest BCUT2D eigenvalue weighted by Gasteiger charge is 2.22. The molecule has 1 aliphatic heterocycles. The highest BCUT2D eigenvalue weighted by Crippen LogP contribution is 2.16. The topological polar surface area (TPSA) is 96.6 Å². The highest BCUT2D eigenvalue weighted by molar-refractivity contribution is 5.94. The Balaban J connectivity index is 1.90. The second-order valence-electron chi connectivity index (χ2n) is 4.63. The predicted molar refractivity (Wildman–Crippen MR) is 64.8 cm³/mol. The molecule has 0 spiro atoms. The highest BCUT2D eigenvalue weighted by atomic mass is 16.4. The van der Waals surface area contributed by atoms with Crippen molar-refractivity contribution in [3.8, 4) is 0 Å². The summed E-state index contributed by atoms with van der Waals surface area (Å²) in [5, 5.41) is 15.7. The third kappa shape index (κ3) is 2.14. The molecule has 19 heavy (non-hydrogen) atoms. The maximum absolute atomic E-state index is 11.1. The number of carboxylic acid groups (broad SMARTS) is 1. The normalized spacial score (nSPS) is 18.7. The summed E-state index contributed by atoms with van der Waals surface area (Å²) in [4.78, 5) is 26.5. The lowest BCUT2D eigenvalue weighted by Gasteiger charge is -2.06. The second kappa shape index (κ2) is 4.34. The lowest BCUT2D eigenvalue weighted by Crippen LogP contribution is -2.14. The molecule has 1 aliphatic rings. The first-order valence-electron chi connectivity index (χ1n) is 5.97. The van der Waals surface area contributed by atoms with Gasteiger partial charge in [0, 0.05) is 24.9 Å². The van der Waals surface area contributed by atoms with Crippen molar-refractivity contribution < 1.29 is 14.7 Å². The number of aromatic nitrogens is 3. The van der Waals surface area contributed by atoms with Gasteiger partial charge in [-0.15, -0.1) is 0 Å². The molecule has 3 rings (SSSR count). The van der Waals surface area contributed by atoms with E-state index in [1.807, 2.05) is 0 Å². The maximum atomic E-state index is 11.1. The van der Waals surface area contributed by atoms with Crippen molar-refractivity contribution in [3.63, 3.8) is 0 Å². The number of nitrogens with zero attached hydrogens (tertiary/aromatic N) is 3. The summed E-state index contributed by atoms with van der Waals surface area (Å²) in [5.74, 6) is -0.766. The molecule has 0 aromatic carbocycles. The molecule has 1 amide bonds. The minimum Gasteiger partial charge on any atom is -0.477 e. The number of hydrogen-bond acceptors (Lipinski definition) is 4. The molecular formula is C12H12N4O3. The van der Waals surface area contributed by atoms with Crippen LogP contribution in [0.25, 0.3) is 5.65 Å². The molecule has 1 saturated heterocycles. The first-order chi connectivity index (χ1) is 9.13. The summed E-state index contributed by atoms with van der Waals surface area (Å²) < 4.78 is 1.44. The Morgan fingerprint density at radius 3 is 3.11 bits per heavy atom. The molecular weight excluding hydrogens is 248 g/mol. The van der Waals surface area contributed by atoms with Gasteiger partial charge in [-0.25, -0.2) is 14.3 Å². The van der Waals surface area contributed by atoms with Gasteiger partial charge in [0.05, 0.1) is 6.20 Å². The third-order valence-electron chi connectivity index (χ3n) is 3.22. The SMILES string of the molecule is O=C1CC(Cc2ccn3ncc(C(=O)O)c3n2)CN1. The van der Waals surface area contributed by atoms with E-state index in [9.17, 15) is 9.59 Å². The van der Waals surface area contributed by atoms with E-state index in [0.29, 0.717) is 25.0 Å². The Labute approximate surface area is 108 Å². The van der Waals surface area contributed by atoms with Crippen LogP contribution in [0.15, 0.2) is 18.5 Å². The van der Waals surface area contributed by atoms with Gasteiger partial charge in [-0.1, -0.05) is 0 Å². The van der Waals surface area contributed by atoms with Crippen LogP contribution in [-0.4, -0.2) is 38.1 Å². The van der Waals surface area contributed by atoms with E-state index in [0.717, 1.165) is 5.69 Å². The Bertz CT molecular complexity index is 664. The van der Waals surface area contributed by atoms with Crippen LogP contribution in [0, 0.1) is 5.92 Å². The minimum atomic E-state index is -1.04. The van der Waals surface area contributed by atoms with E-state index in [2.05, 4.69) is 15.4 Å². The van der Waals surface area contributed by atoms with Gasteiger partial charge in [0.1, 0.15) is 5.56 Å². The van der Waals surface area contributed by atoms with E-state index < -0.39 is 5.97 Å². The first-order valence-corrected chi connectivity index (χ1v) is 5.97. The summed E-state index contributed by atoms with van der Waals surface area (Å²) in [5.41, 5.74) is 1.20. The summed E-state index contributed by atoms with van der Waals surface area (Å²) in [7, 11) is 0. The molecule has 1 unspecified atom stereocenters. The zero-order valence-electron chi connectivity index (χ0n) is 10.0. The smallest absolute Gasteiger partial charge is 0.341 e. The van der Waals surface area contributed by atoms with Crippen LogP contribution < -0.4 is 5.32 Å². The van der Waals surface area contributed by atoms with Crippen molar-refractivity contribution in [1.29, 1.82) is 0 Å². The van der Waals surface area contributed by atoms with Gasteiger partial charge in [0.25, 0.3) is 0 Å². The number of fused-ring (bicyclic) bond motifs is 1. The molecule has 3 heterocycles. The average molecular weight is 260 g/mol. The molecule has 0 bridgehead atoms. The van der Waals surface area contributed by atoms with E-state index >= 15 is 0 Å². The van der Waals surface area contributed by atoms with Gasteiger partial charge in [0.15, 0.2) is 5.65 Å². The third-order valence-corrected chi connectivity index (χ3v) is 3.22. The molecule has 7 heteroatoms. The molecule has 0 aliphatic carbocycles. The van der Waals surface area contributed by atoms with E-state index in [1.165, 1.54) is 10.7 Å². The lowest BCUT2D eigenvalue weighted by molar-refractivity contribution is -0.119. The number of nitrogens with one attached hydrogen (secondary N) is 1. The number of aromatic carboxylic acids is 1. The Morgan fingerprint density at radius 1 is 1.58 bits per heavy atom. The van der Waals surface area contributed by atoms with Crippen LogP contribution in [0.5, 0.6) is 0 Å². The van der Waals surface area contributed by atoms with Crippen LogP contribution in [0.3, 0.4) is 0 Å². The van der Waals surface area contributed by atoms with Gasteiger partial charge < -0.3 is 10.4 Å². The lowest BCUT2D eigenvalue weighted by atomic mass is 10.0. The molecule has 2 aromatic heterocycles. The van der Waals surface area contributed by atoms with Crippen molar-refractivity contribution >= 4 is 17.5 Å². The van der Waals surface area contributed by atoms with E-state index in [4.69, 9.17) is 5.11 Å². The number of rotatable bonds is 3. The number of carboxylic acids is 1. The van der Waals surface area contributed by atoms with Crippen molar-refractivity contribution in [2.75, 3.05) is 6.54 Å². The van der Waals surface area contributed by atoms with Crippen molar-refractivity contribution in [1.82, 2.24) is 19.9 Å². The molecule has 1 fully saturated rings. The molecule has 0 radical (unpaired) electrons. The van der Waals surface area contributed by atoms with Crippen LogP contribution in [-0.2, 0) is 11.2 Å². The number of hydrogen-bond donors (Lipinski definition) is 2. The Morgan fingerprint density at radius 2 is 2.42 bits per heavy atom. The fraction of sp³-hybridized carbons (Fsp3) is 0.333. The number of carbonyl (C=O) groups is 2. The molecule has 2 aromatic rings. The van der Waals surface area contributed by atoms with Gasteiger partial charge >= 0.3 is 5.97 Å². The van der Waals surface area contributed by atoms with E-state index in [1.54, 1.807) is 12.3 Å². The quantitative estimate of drug-likeness (QED) is 0.816. The maximum Gasteiger partial charge on any atom is 0.341 e. The Kier molecular flexibility index (Phi) is 2.66. The van der Waals surface area contributed by atoms with Crippen LogP contribution >= 0.6 is 0 Å². The first kappa shape index (κ1) is 11.6. The predicted octanol–water partition coefficient (Wildman–Crippen LogP) is 0.106. The van der Waals surface area contributed by atoms with Crippen LogP contribution in [0.1, 0.15) is 22.5 Å². The summed E-state index contributed by atoms with van der Waals surface area (Å²) in [6, 6.07) is 1.80. The summed E-state index contributed by atoms with van der Waals surface area (Å²) in [6.45, 7) is 0.650. The van der Waals surface area contributed by atoms with Crippen LogP contribution in [0.4, 0.5) is 0 Å². The van der Waals surface area contributed by atoms with Gasteiger partial charge in [-0.05, 0) is 18.4 Å². The largest absolute Gasteiger partial charge is 0.477 e. The zero-order valence-corrected chi connectivity index (χ0v) is 10.0. The molecule has 1 atom stereocenters.